The molecule has 1 aromatic rings. The maximum absolute atomic E-state index is 12.5. The van der Waals surface area contributed by atoms with Crippen molar-refractivity contribution in [2.75, 3.05) is 26.0 Å². The van der Waals surface area contributed by atoms with Gasteiger partial charge in [0.25, 0.3) is 5.91 Å². The number of nitrogens with zero attached hydrogens (tertiary/aromatic N) is 2. The van der Waals surface area contributed by atoms with Gasteiger partial charge in [-0.1, -0.05) is 43.8 Å². The highest BCUT2D eigenvalue weighted by molar-refractivity contribution is 8.14. The summed E-state index contributed by atoms with van der Waals surface area (Å²) < 4.78 is 5.39. The largest absolute Gasteiger partial charge is 0.484 e. The van der Waals surface area contributed by atoms with Gasteiger partial charge in [-0.05, 0) is 24.5 Å². The Morgan fingerprint density at radius 1 is 1.25 bits per heavy atom. The number of carbonyl (C=O) groups excluding carboxylic acids is 3. The third-order valence-electron chi connectivity index (χ3n) is 3.93. The first kappa shape index (κ1) is 21.7. The van der Waals surface area contributed by atoms with Crippen molar-refractivity contribution < 1.29 is 19.1 Å². The first-order valence-electron chi connectivity index (χ1n) is 9.10. The van der Waals surface area contributed by atoms with Crippen molar-refractivity contribution in [2.24, 2.45) is 11.0 Å². The molecule has 1 saturated heterocycles. The number of hydrazone groups is 1. The van der Waals surface area contributed by atoms with E-state index in [2.05, 4.69) is 15.8 Å². The first-order valence-corrected chi connectivity index (χ1v) is 10.1. The van der Waals surface area contributed by atoms with Crippen molar-refractivity contribution in [1.82, 2.24) is 15.6 Å². The van der Waals surface area contributed by atoms with Crippen molar-refractivity contribution in [1.29, 1.82) is 0 Å². The van der Waals surface area contributed by atoms with Gasteiger partial charge in [0.15, 0.2) is 11.8 Å². The summed E-state index contributed by atoms with van der Waals surface area (Å²) >= 11 is 1.50. The maximum Gasteiger partial charge on any atom is 0.309 e. The van der Waals surface area contributed by atoms with Crippen LogP contribution in [0, 0.1) is 5.92 Å². The van der Waals surface area contributed by atoms with Gasteiger partial charge in [0.1, 0.15) is 5.75 Å². The van der Waals surface area contributed by atoms with Crippen LogP contribution in [0.15, 0.2) is 35.4 Å². The lowest BCUT2D eigenvalue weighted by molar-refractivity contribution is -0.140. The average Bonchev–Trinajstić information content (AvgIpc) is 3.08. The highest BCUT2D eigenvalue weighted by Crippen LogP contribution is 2.15. The van der Waals surface area contributed by atoms with Gasteiger partial charge in [0.2, 0.25) is 5.78 Å². The summed E-state index contributed by atoms with van der Waals surface area (Å²) in [7, 11) is 1.86. The molecule has 2 amide bonds. The van der Waals surface area contributed by atoms with Gasteiger partial charge in [-0.3, -0.25) is 14.4 Å². The first-order chi connectivity index (χ1) is 13.4. The van der Waals surface area contributed by atoms with Crippen LogP contribution in [-0.4, -0.2) is 59.7 Å². The van der Waals surface area contributed by atoms with Crippen molar-refractivity contribution in [3.63, 3.8) is 0 Å². The summed E-state index contributed by atoms with van der Waals surface area (Å²) in [6, 6.07) is 7.97. The second-order valence-electron chi connectivity index (χ2n) is 6.82. The highest BCUT2D eigenvalue weighted by Gasteiger charge is 2.28. The van der Waals surface area contributed by atoms with E-state index in [1.165, 1.54) is 11.8 Å². The molecule has 1 aliphatic rings. The number of rotatable bonds is 9. The van der Waals surface area contributed by atoms with Gasteiger partial charge < -0.3 is 15.0 Å². The third-order valence-corrected chi connectivity index (χ3v) is 4.98. The Kier molecular flexibility index (Phi) is 8.31. The van der Waals surface area contributed by atoms with Gasteiger partial charge in [0, 0.05) is 19.3 Å². The van der Waals surface area contributed by atoms with E-state index in [0.717, 1.165) is 12.3 Å². The lowest BCUT2D eigenvalue weighted by Gasteiger charge is -2.19. The topological polar surface area (TPSA) is 100 Å². The molecular formula is C19H26N4O4S. The molecule has 9 heteroatoms. The van der Waals surface area contributed by atoms with E-state index in [1.54, 1.807) is 24.3 Å². The van der Waals surface area contributed by atoms with Crippen LogP contribution >= 0.6 is 11.8 Å². The number of ether oxygens (including phenoxy) is 1. The number of benzene rings is 1. The summed E-state index contributed by atoms with van der Waals surface area (Å²) in [5.41, 5.74) is 2.29. The SMILES string of the molecule is CC(C)C[C@H](NC(=O)COc1ccccc1)C(=O)C(=O)N/N=C1\SCCN1C. The number of nitrogens with one attached hydrogen (secondary N) is 2. The van der Waals surface area contributed by atoms with Gasteiger partial charge in [-0.2, -0.15) is 0 Å². The summed E-state index contributed by atoms with van der Waals surface area (Å²) in [5, 5.41) is 7.24. The van der Waals surface area contributed by atoms with Crippen LogP contribution in [0.25, 0.3) is 0 Å². The molecule has 1 aliphatic heterocycles. The minimum absolute atomic E-state index is 0.111. The molecular weight excluding hydrogens is 380 g/mol. The molecule has 152 valence electrons. The summed E-state index contributed by atoms with van der Waals surface area (Å²) in [4.78, 5) is 38.8. The van der Waals surface area contributed by atoms with E-state index < -0.39 is 23.6 Å². The highest BCUT2D eigenvalue weighted by atomic mass is 32.2. The number of thioether (sulfide) groups is 1. The van der Waals surface area contributed by atoms with Gasteiger partial charge in [-0.15, -0.1) is 5.10 Å². The van der Waals surface area contributed by atoms with Crippen LogP contribution < -0.4 is 15.5 Å². The van der Waals surface area contributed by atoms with E-state index in [0.29, 0.717) is 17.3 Å². The van der Waals surface area contributed by atoms with Gasteiger partial charge in [-0.25, -0.2) is 5.43 Å². The van der Waals surface area contributed by atoms with E-state index in [1.807, 2.05) is 31.9 Å². The summed E-state index contributed by atoms with van der Waals surface area (Å²) in [6.45, 7) is 4.42. The molecule has 0 radical (unpaired) electrons. The fourth-order valence-corrected chi connectivity index (χ4v) is 3.48. The van der Waals surface area contributed by atoms with E-state index in [9.17, 15) is 14.4 Å². The molecule has 0 spiro atoms. The number of para-hydroxylation sites is 1. The van der Waals surface area contributed by atoms with Crippen LogP contribution in [0.5, 0.6) is 5.75 Å². The Hall–Kier alpha value is -2.55. The van der Waals surface area contributed by atoms with Crippen molar-refractivity contribution in [3.8, 4) is 5.75 Å². The second kappa shape index (κ2) is 10.7. The maximum atomic E-state index is 12.5. The van der Waals surface area contributed by atoms with Crippen LogP contribution in [-0.2, 0) is 14.4 Å². The smallest absolute Gasteiger partial charge is 0.309 e. The molecule has 1 fully saturated rings. The van der Waals surface area contributed by atoms with Gasteiger partial charge in [0.05, 0.1) is 6.04 Å². The summed E-state index contributed by atoms with van der Waals surface area (Å²) in [5.74, 6) is -0.490. The number of Topliss-reactive ketones (excluding diaryl/α,β-unsaturated/α-hetero) is 1. The Morgan fingerprint density at radius 3 is 2.57 bits per heavy atom. The number of amides is 2. The molecule has 1 heterocycles. The normalized spacial score (nSPS) is 16.1. The predicted octanol–water partition coefficient (Wildman–Crippen LogP) is 1.23. The molecule has 2 rings (SSSR count). The number of amidine groups is 1. The summed E-state index contributed by atoms with van der Waals surface area (Å²) in [6.07, 6.45) is 0.342. The van der Waals surface area contributed by atoms with Crippen molar-refractivity contribution >= 4 is 34.5 Å². The number of carbonyl (C=O) groups is 3. The van der Waals surface area contributed by atoms with Crippen molar-refractivity contribution in [2.45, 2.75) is 26.3 Å². The quantitative estimate of drug-likeness (QED) is 0.473. The molecule has 0 bridgehead atoms. The lowest BCUT2D eigenvalue weighted by Crippen LogP contribution is -2.48. The Balaban J connectivity index is 1.92. The molecule has 2 N–H and O–H groups in total. The lowest BCUT2D eigenvalue weighted by atomic mass is 10.00. The molecule has 1 atom stereocenters. The predicted molar refractivity (Wildman–Crippen MR) is 109 cm³/mol. The zero-order valence-corrected chi connectivity index (χ0v) is 17.1. The molecule has 0 aromatic heterocycles. The minimum Gasteiger partial charge on any atom is -0.484 e. The molecule has 0 saturated carbocycles. The number of hydrogen-bond acceptors (Lipinski definition) is 6. The molecule has 1 aromatic carbocycles. The molecule has 0 unspecified atom stereocenters. The van der Waals surface area contributed by atoms with Crippen LogP contribution in [0.2, 0.25) is 0 Å². The van der Waals surface area contributed by atoms with Crippen LogP contribution in [0.1, 0.15) is 20.3 Å². The Bertz CT molecular complexity index is 724. The fraction of sp³-hybridized carbons (Fsp3) is 0.474. The zero-order chi connectivity index (χ0) is 20.5. The molecule has 0 aliphatic carbocycles. The number of ketones is 1. The fourth-order valence-electron chi connectivity index (χ4n) is 2.51. The average molecular weight is 407 g/mol. The second-order valence-corrected chi connectivity index (χ2v) is 7.88. The monoisotopic (exact) mass is 406 g/mol. The third kappa shape index (κ3) is 6.88. The molecule has 8 nitrogen and oxygen atoms in total. The van der Waals surface area contributed by atoms with E-state index in [4.69, 9.17) is 4.74 Å². The van der Waals surface area contributed by atoms with Crippen molar-refractivity contribution in [3.05, 3.63) is 30.3 Å². The van der Waals surface area contributed by atoms with Crippen LogP contribution in [0.4, 0.5) is 0 Å². The standard InChI is InChI=1S/C19H26N4O4S/c1-13(2)11-15(20-16(24)12-27-14-7-5-4-6-8-14)17(25)18(26)21-22-19-23(3)9-10-28-19/h4-8,13,15H,9-12H2,1-3H3,(H,20,24)(H,21,26)/b22-19-/t15-/m0/s1. The zero-order valence-electron chi connectivity index (χ0n) is 16.3. The van der Waals surface area contributed by atoms with Crippen LogP contribution in [0.3, 0.4) is 0 Å². The number of hydrogen-bond donors (Lipinski definition) is 2. The Labute approximate surface area is 169 Å². The Morgan fingerprint density at radius 2 is 1.96 bits per heavy atom. The van der Waals surface area contributed by atoms with Gasteiger partial charge >= 0.3 is 5.91 Å². The minimum atomic E-state index is -0.930. The van der Waals surface area contributed by atoms with E-state index in [-0.39, 0.29) is 12.5 Å². The van der Waals surface area contributed by atoms with E-state index >= 15 is 0 Å². The molecule has 28 heavy (non-hydrogen) atoms.